The number of nitrogens with zero attached hydrogens (tertiary/aromatic N) is 1. The van der Waals surface area contributed by atoms with E-state index in [2.05, 4.69) is 24.1 Å². The lowest BCUT2D eigenvalue weighted by Gasteiger charge is -2.06. The number of pyridine rings is 1. The van der Waals surface area contributed by atoms with Crippen LogP contribution in [0.4, 0.5) is 5.82 Å². The van der Waals surface area contributed by atoms with E-state index < -0.39 is 0 Å². The molecule has 0 spiro atoms. The zero-order valence-corrected chi connectivity index (χ0v) is 10.3. The monoisotopic (exact) mass is 222 g/mol. The lowest BCUT2D eigenvalue weighted by molar-refractivity contribution is 0.114. The number of hydrogen-bond acceptors (Lipinski definition) is 3. The highest BCUT2D eigenvalue weighted by Crippen LogP contribution is 2.06. The van der Waals surface area contributed by atoms with Crippen LogP contribution in [-0.2, 0) is 11.3 Å². The number of hydrogen-bond donors (Lipinski definition) is 1. The van der Waals surface area contributed by atoms with Gasteiger partial charge in [0.1, 0.15) is 5.82 Å². The third kappa shape index (κ3) is 5.12. The van der Waals surface area contributed by atoms with E-state index in [9.17, 15) is 0 Å². The lowest BCUT2D eigenvalue weighted by atomic mass is 10.3. The van der Waals surface area contributed by atoms with Gasteiger partial charge in [-0.2, -0.15) is 0 Å². The number of aromatic nitrogens is 1. The van der Waals surface area contributed by atoms with Crippen molar-refractivity contribution in [3.8, 4) is 0 Å². The molecule has 0 atom stereocenters. The van der Waals surface area contributed by atoms with Crippen LogP contribution >= 0.6 is 0 Å². The van der Waals surface area contributed by atoms with Crippen LogP contribution in [0.5, 0.6) is 0 Å². The van der Waals surface area contributed by atoms with E-state index in [1.165, 1.54) is 12.8 Å². The van der Waals surface area contributed by atoms with Crippen molar-refractivity contribution in [1.82, 2.24) is 4.98 Å². The maximum absolute atomic E-state index is 5.56. The maximum atomic E-state index is 5.56. The predicted molar refractivity (Wildman–Crippen MR) is 67.6 cm³/mol. The van der Waals surface area contributed by atoms with Crippen LogP contribution in [0.25, 0.3) is 0 Å². The first-order valence-electron chi connectivity index (χ1n) is 6.14. The zero-order chi connectivity index (χ0) is 11.6. The van der Waals surface area contributed by atoms with Crippen molar-refractivity contribution in [1.29, 1.82) is 0 Å². The van der Waals surface area contributed by atoms with Crippen molar-refractivity contribution in [3.63, 3.8) is 0 Å². The minimum atomic E-state index is 0.614. The second kappa shape index (κ2) is 8.11. The minimum absolute atomic E-state index is 0.614. The summed E-state index contributed by atoms with van der Waals surface area (Å²) < 4.78 is 5.56. The summed E-state index contributed by atoms with van der Waals surface area (Å²) in [7, 11) is 0. The first-order chi connectivity index (χ1) is 7.86. The maximum Gasteiger partial charge on any atom is 0.126 e. The molecular formula is C13H22N2O. The van der Waals surface area contributed by atoms with Gasteiger partial charge in [0.2, 0.25) is 0 Å². The third-order valence-corrected chi connectivity index (χ3v) is 2.31. The average molecular weight is 222 g/mol. The van der Waals surface area contributed by atoms with E-state index >= 15 is 0 Å². The van der Waals surface area contributed by atoms with Gasteiger partial charge in [-0.25, -0.2) is 4.98 Å². The summed E-state index contributed by atoms with van der Waals surface area (Å²) in [6.45, 7) is 6.61. The number of rotatable bonds is 8. The lowest BCUT2D eigenvalue weighted by Crippen LogP contribution is -2.02. The third-order valence-electron chi connectivity index (χ3n) is 2.31. The van der Waals surface area contributed by atoms with Gasteiger partial charge in [-0.05, 0) is 25.5 Å². The summed E-state index contributed by atoms with van der Waals surface area (Å²) in [5.74, 6) is 0.928. The van der Waals surface area contributed by atoms with Gasteiger partial charge < -0.3 is 10.1 Å². The van der Waals surface area contributed by atoms with Gasteiger partial charge in [0, 0.05) is 13.2 Å². The number of unbranched alkanes of at least 4 members (excludes halogenated alkanes) is 2. The molecule has 0 aliphatic rings. The fourth-order valence-corrected chi connectivity index (χ4v) is 1.47. The highest BCUT2D eigenvalue weighted by molar-refractivity contribution is 5.34. The zero-order valence-electron chi connectivity index (χ0n) is 10.3. The molecule has 1 N–H and O–H groups in total. The van der Waals surface area contributed by atoms with Gasteiger partial charge in [0.15, 0.2) is 0 Å². The average Bonchev–Trinajstić information content (AvgIpc) is 2.30. The molecule has 0 bridgehead atoms. The smallest absolute Gasteiger partial charge is 0.126 e. The molecule has 0 saturated carbocycles. The molecule has 0 aliphatic carbocycles. The van der Waals surface area contributed by atoms with Crippen LogP contribution in [0.2, 0.25) is 0 Å². The molecule has 0 aromatic carbocycles. The SMILES string of the molecule is CCCCCOCc1cccc(NCC)n1. The normalized spacial score (nSPS) is 10.4. The van der Waals surface area contributed by atoms with Gasteiger partial charge >= 0.3 is 0 Å². The summed E-state index contributed by atoms with van der Waals surface area (Å²) in [5, 5.41) is 3.19. The summed E-state index contributed by atoms with van der Waals surface area (Å²) in [5.41, 5.74) is 0.995. The Hall–Kier alpha value is -1.09. The Bertz CT molecular complexity index is 289. The van der Waals surface area contributed by atoms with Gasteiger partial charge in [-0.15, -0.1) is 0 Å². The van der Waals surface area contributed by atoms with Crippen LogP contribution in [0.1, 0.15) is 38.8 Å². The van der Waals surface area contributed by atoms with Gasteiger partial charge in [-0.3, -0.25) is 0 Å². The Kier molecular flexibility index (Phi) is 6.58. The second-order valence-corrected chi connectivity index (χ2v) is 3.80. The Morgan fingerprint density at radius 1 is 1.25 bits per heavy atom. The predicted octanol–water partition coefficient (Wildman–Crippen LogP) is 3.22. The van der Waals surface area contributed by atoms with Crippen molar-refractivity contribution in [2.24, 2.45) is 0 Å². The highest BCUT2D eigenvalue weighted by atomic mass is 16.5. The Morgan fingerprint density at radius 2 is 2.12 bits per heavy atom. The molecule has 0 fully saturated rings. The van der Waals surface area contributed by atoms with Gasteiger partial charge in [0.25, 0.3) is 0 Å². The van der Waals surface area contributed by atoms with Crippen LogP contribution in [0.3, 0.4) is 0 Å². The van der Waals surface area contributed by atoms with Crippen LogP contribution in [0.15, 0.2) is 18.2 Å². The molecule has 16 heavy (non-hydrogen) atoms. The van der Waals surface area contributed by atoms with E-state index in [1.54, 1.807) is 0 Å². The van der Waals surface area contributed by atoms with Gasteiger partial charge in [0.05, 0.1) is 12.3 Å². The summed E-state index contributed by atoms with van der Waals surface area (Å²) >= 11 is 0. The molecule has 0 amide bonds. The first kappa shape index (κ1) is 13.0. The number of nitrogens with one attached hydrogen (secondary N) is 1. The highest BCUT2D eigenvalue weighted by Gasteiger charge is 1.97. The largest absolute Gasteiger partial charge is 0.375 e. The fraction of sp³-hybridized carbons (Fsp3) is 0.615. The first-order valence-corrected chi connectivity index (χ1v) is 6.14. The van der Waals surface area contributed by atoms with Crippen molar-refractivity contribution in [3.05, 3.63) is 23.9 Å². The van der Waals surface area contributed by atoms with E-state index in [0.29, 0.717) is 6.61 Å². The molecular weight excluding hydrogens is 200 g/mol. The van der Waals surface area contributed by atoms with Gasteiger partial charge in [-0.1, -0.05) is 25.8 Å². The summed E-state index contributed by atoms with van der Waals surface area (Å²) in [4.78, 5) is 4.44. The number of anilines is 1. The molecule has 3 heteroatoms. The number of ether oxygens (including phenoxy) is 1. The topological polar surface area (TPSA) is 34.1 Å². The summed E-state index contributed by atoms with van der Waals surface area (Å²) in [6.07, 6.45) is 3.62. The van der Waals surface area contributed by atoms with Crippen LogP contribution in [-0.4, -0.2) is 18.1 Å². The Balaban J connectivity index is 2.27. The minimum Gasteiger partial charge on any atom is -0.375 e. The molecule has 90 valence electrons. The van der Waals surface area contributed by atoms with E-state index in [1.807, 2.05) is 18.2 Å². The summed E-state index contributed by atoms with van der Waals surface area (Å²) in [6, 6.07) is 5.99. The molecule has 0 radical (unpaired) electrons. The fourth-order valence-electron chi connectivity index (χ4n) is 1.47. The Labute approximate surface area is 98.2 Å². The molecule has 1 heterocycles. The second-order valence-electron chi connectivity index (χ2n) is 3.80. The van der Waals surface area contributed by atoms with Crippen molar-refractivity contribution < 1.29 is 4.74 Å². The molecule has 1 aromatic heterocycles. The van der Waals surface area contributed by atoms with E-state index in [0.717, 1.165) is 31.1 Å². The molecule has 0 aliphatic heterocycles. The van der Waals surface area contributed by atoms with E-state index in [-0.39, 0.29) is 0 Å². The van der Waals surface area contributed by atoms with Crippen LogP contribution in [0, 0.1) is 0 Å². The molecule has 1 rings (SSSR count). The van der Waals surface area contributed by atoms with E-state index in [4.69, 9.17) is 4.74 Å². The standard InChI is InChI=1S/C13H22N2O/c1-3-5-6-10-16-11-12-8-7-9-13(15-12)14-4-2/h7-9H,3-6,10-11H2,1-2H3,(H,14,15). The van der Waals surface area contributed by atoms with Crippen LogP contribution < -0.4 is 5.32 Å². The molecule has 0 saturated heterocycles. The quantitative estimate of drug-likeness (QED) is 0.686. The van der Waals surface area contributed by atoms with Crippen molar-refractivity contribution in [2.45, 2.75) is 39.7 Å². The van der Waals surface area contributed by atoms with Crippen molar-refractivity contribution in [2.75, 3.05) is 18.5 Å². The Morgan fingerprint density at radius 3 is 2.88 bits per heavy atom. The molecule has 3 nitrogen and oxygen atoms in total. The van der Waals surface area contributed by atoms with Crippen molar-refractivity contribution >= 4 is 5.82 Å². The molecule has 1 aromatic rings. The molecule has 0 unspecified atom stereocenters.